The number of nitrogens with zero attached hydrogens (tertiary/aromatic N) is 1. The third-order valence-electron chi connectivity index (χ3n) is 7.99. The summed E-state index contributed by atoms with van der Waals surface area (Å²) in [5, 5.41) is 22.7. The first-order valence-corrected chi connectivity index (χ1v) is 17.1. The molecule has 1 saturated heterocycles. The number of thioether (sulfide) groups is 1. The minimum atomic E-state index is -1.62. The number of amides is 3. The third kappa shape index (κ3) is 8.43. The molecule has 0 radical (unpaired) electrons. The van der Waals surface area contributed by atoms with Gasteiger partial charge in [0, 0.05) is 32.1 Å². The standard InChI is InChI=1S/C35H31N3O16S/c1-14-24(28(44)21-9-10-22(53-16(3)40)30(29(21)52-14)54-17(4)41)31(45)36-25(18-5-7-20(8-6-18)51-12-23(42)43)32(46)37-26-33(47)38-27(35(48)49)19(11-50-15(2)39)13-55-34(26)38/h5-10,25-26,34H,11-13H2,1-4H3,(H,36,45)(H,37,46)(H,42,43)(H,48,49)/t25?,26-,34-/m0/s1. The second kappa shape index (κ2) is 16.1. The minimum Gasteiger partial charge on any atom is -0.482 e. The van der Waals surface area contributed by atoms with Crippen molar-refractivity contribution in [1.82, 2.24) is 15.5 Å². The Kier molecular flexibility index (Phi) is 11.6. The molecule has 55 heavy (non-hydrogen) atoms. The number of carbonyl (C=O) groups is 8. The van der Waals surface area contributed by atoms with Gasteiger partial charge in [-0.2, -0.15) is 0 Å². The number of β-lactam (4-membered cyclic amide) rings is 1. The first kappa shape index (κ1) is 39.5. The molecule has 1 fully saturated rings. The molecule has 0 bridgehead atoms. The van der Waals surface area contributed by atoms with Gasteiger partial charge >= 0.3 is 29.8 Å². The zero-order chi connectivity index (χ0) is 40.3. The summed E-state index contributed by atoms with van der Waals surface area (Å²) >= 11 is 1.10. The molecule has 0 spiro atoms. The molecule has 1 unspecified atom stereocenters. The van der Waals surface area contributed by atoms with Gasteiger partial charge in [0.25, 0.3) is 11.8 Å². The molecular formula is C35H31N3O16S. The molecule has 5 rings (SSSR count). The Hall–Kier alpha value is -6.70. The average molecular weight is 782 g/mol. The molecule has 3 atom stereocenters. The summed E-state index contributed by atoms with van der Waals surface area (Å²) in [4.78, 5) is 114. The zero-order valence-electron chi connectivity index (χ0n) is 29.3. The summed E-state index contributed by atoms with van der Waals surface area (Å²) in [6.45, 7) is 3.51. The van der Waals surface area contributed by atoms with Crippen molar-refractivity contribution in [3.63, 3.8) is 0 Å². The number of hydrogen-bond donors (Lipinski definition) is 4. The highest BCUT2D eigenvalue weighted by Crippen LogP contribution is 2.41. The summed E-state index contributed by atoms with van der Waals surface area (Å²) in [6.07, 6.45) is 0. The van der Waals surface area contributed by atoms with Crippen LogP contribution in [0.4, 0.5) is 0 Å². The summed E-state index contributed by atoms with van der Waals surface area (Å²) in [6, 6.07) is 4.74. The van der Waals surface area contributed by atoms with Crippen LogP contribution in [0.2, 0.25) is 0 Å². The van der Waals surface area contributed by atoms with Crippen molar-refractivity contribution in [2.45, 2.75) is 45.2 Å². The maximum Gasteiger partial charge on any atom is 0.352 e. The number of carbonyl (C=O) groups excluding carboxylic acids is 6. The molecule has 3 amide bonds. The van der Waals surface area contributed by atoms with Crippen LogP contribution in [0.15, 0.2) is 56.9 Å². The third-order valence-corrected chi connectivity index (χ3v) is 9.33. The molecule has 2 aliphatic rings. The van der Waals surface area contributed by atoms with E-state index in [1.807, 2.05) is 0 Å². The van der Waals surface area contributed by atoms with Crippen molar-refractivity contribution >= 4 is 70.3 Å². The highest BCUT2D eigenvalue weighted by Gasteiger charge is 2.54. The summed E-state index contributed by atoms with van der Waals surface area (Å²) in [5.74, 6) is -8.61. The Bertz CT molecular complexity index is 2250. The highest BCUT2D eigenvalue weighted by atomic mass is 32.2. The number of aryl methyl sites for hydroxylation is 1. The number of benzene rings is 2. The van der Waals surface area contributed by atoms with Gasteiger partial charge in [0.1, 0.15) is 46.8 Å². The normalized spacial score (nSPS) is 16.6. The van der Waals surface area contributed by atoms with Gasteiger partial charge in [-0.05, 0) is 36.8 Å². The van der Waals surface area contributed by atoms with Gasteiger partial charge in [-0.25, -0.2) is 9.59 Å². The van der Waals surface area contributed by atoms with Gasteiger partial charge in [-0.15, -0.1) is 11.8 Å². The van der Waals surface area contributed by atoms with Crippen molar-refractivity contribution in [1.29, 1.82) is 0 Å². The molecule has 2 aliphatic heterocycles. The van der Waals surface area contributed by atoms with E-state index in [4.69, 9.17) is 28.5 Å². The van der Waals surface area contributed by atoms with Crippen LogP contribution in [-0.2, 0) is 38.3 Å². The average Bonchev–Trinajstić information content (AvgIpc) is 3.11. The van der Waals surface area contributed by atoms with Gasteiger partial charge < -0.3 is 44.2 Å². The fourth-order valence-electron chi connectivity index (χ4n) is 5.69. The molecule has 3 aromatic rings. The van der Waals surface area contributed by atoms with Crippen LogP contribution in [0.1, 0.15) is 48.5 Å². The Morgan fingerprint density at radius 1 is 0.945 bits per heavy atom. The van der Waals surface area contributed by atoms with Crippen LogP contribution < -0.4 is 30.3 Å². The van der Waals surface area contributed by atoms with E-state index in [2.05, 4.69) is 10.6 Å². The second-order valence-corrected chi connectivity index (χ2v) is 13.0. The van der Waals surface area contributed by atoms with Gasteiger partial charge in [0.05, 0.1) is 5.39 Å². The lowest BCUT2D eigenvalue weighted by Gasteiger charge is -2.49. The SMILES string of the molecule is CC(=O)OCC1=C(C(=O)O)N2C(=O)[C@H](NC(=O)C(NC(=O)c3c(C)oc4c(OC(C)=O)c(OC(C)=O)ccc4c3=O)c3ccc(OCC(=O)O)cc3)[C@@H]2SC1. The number of nitrogens with one attached hydrogen (secondary N) is 2. The van der Waals surface area contributed by atoms with E-state index in [9.17, 15) is 48.3 Å². The summed E-state index contributed by atoms with van der Waals surface area (Å²) in [7, 11) is 0. The van der Waals surface area contributed by atoms with E-state index >= 15 is 0 Å². The van der Waals surface area contributed by atoms with Crippen molar-refractivity contribution in [3.8, 4) is 17.2 Å². The van der Waals surface area contributed by atoms with Crippen LogP contribution in [-0.4, -0.2) is 93.1 Å². The van der Waals surface area contributed by atoms with Crippen LogP contribution in [0.25, 0.3) is 11.0 Å². The Morgan fingerprint density at radius 3 is 2.22 bits per heavy atom. The topological polar surface area (TPSA) is 271 Å². The maximum absolute atomic E-state index is 14.0. The van der Waals surface area contributed by atoms with E-state index in [1.54, 1.807) is 0 Å². The molecule has 0 aliphatic carbocycles. The van der Waals surface area contributed by atoms with Crippen LogP contribution in [0.5, 0.6) is 17.2 Å². The molecule has 0 saturated carbocycles. The predicted octanol–water partition coefficient (Wildman–Crippen LogP) is 1.19. The van der Waals surface area contributed by atoms with Gasteiger partial charge in [0.15, 0.2) is 17.9 Å². The lowest BCUT2D eigenvalue weighted by molar-refractivity contribution is -0.151. The molecule has 2 aromatic carbocycles. The van der Waals surface area contributed by atoms with E-state index < -0.39 is 94.1 Å². The van der Waals surface area contributed by atoms with Crippen LogP contribution >= 0.6 is 11.8 Å². The lowest BCUT2D eigenvalue weighted by atomic mass is 10.0. The predicted molar refractivity (Wildman–Crippen MR) is 186 cm³/mol. The molecule has 1 aromatic heterocycles. The minimum absolute atomic E-state index is 0.0479. The summed E-state index contributed by atoms with van der Waals surface area (Å²) in [5.41, 5.74) is -1.93. The summed E-state index contributed by atoms with van der Waals surface area (Å²) < 4.78 is 26.1. The first-order chi connectivity index (χ1) is 26.0. The van der Waals surface area contributed by atoms with Gasteiger partial charge in [0.2, 0.25) is 17.1 Å². The number of hydrogen-bond acceptors (Lipinski definition) is 15. The van der Waals surface area contributed by atoms with E-state index in [-0.39, 0.29) is 51.7 Å². The molecule has 4 N–H and O–H groups in total. The number of rotatable bonds is 13. The fraction of sp³-hybridized carbons (Fsp3) is 0.286. The zero-order valence-corrected chi connectivity index (χ0v) is 30.1. The molecule has 20 heteroatoms. The van der Waals surface area contributed by atoms with E-state index in [0.29, 0.717) is 0 Å². The lowest BCUT2D eigenvalue weighted by Crippen LogP contribution is -2.71. The first-order valence-electron chi connectivity index (χ1n) is 16.0. The molecular weight excluding hydrogens is 750 g/mol. The van der Waals surface area contributed by atoms with E-state index in [0.717, 1.165) is 43.5 Å². The Balaban J connectivity index is 1.48. The van der Waals surface area contributed by atoms with Crippen molar-refractivity contribution in [2.24, 2.45) is 0 Å². The number of carboxylic acids is 2. The number of ether oxygens (including phenoxy) is 4. The fourth-order valence-corrected chi connectivity index (χ4v) is 7.01. The maximum atomic E-state index is 14.0. The number of esters is 3. The van der Waals surface area contributed by atoms with Crippen LogP contribution in [0, 0.1) is 6.92 Å². The van der Waals surface area contributed by atoms with Crippen LogP contribution in [0.3, 0.4) is 0 Å². The number of fused-ring (bicyclic) bond motifs is 2. The van der Waals surface area contributed by atoms with Gasteiger partial charge in [-0.1, -0.05) is 12.1 Å². The van der Waals surface area contributed by atoms with Crippen molar-refractivity contribution < 1.29 is 71.9 Å². The molecule has 288 valence electrons. The number of aliphatic carboxylic acids is 2. The highest BCUT2D eigenvalue weighted by molar-refractivity contribution is 8.00. The largest absolute Gasteiger partial charge is 0.482 e. The smallest absolute Gasteiger partial charge is 0.352 e. The Morgan fingerprint density at radius 2 is 1.62 bits per heavy atom. The van der Waals surface area contributed by atoms with E-state index in [1.165, 1.54) is 37.3 Å². The van der Waals surface area contributed by atoms with Gasteiger partial charge in [-0.3, -0.25) is 38.5 Å². The molecule has 19 nitrogen and oxygen atoms in total. The van der Waals surface area contributed by atoms with Crippen molar-refractivity contribution in [3.05, 3.63) is 74.8 Å². The monoisotopic (exact) mass is 781 g/mol. The van der Waals surface area contributed by atoms with Crippen molar-refractivity contribution in [2.75, 3.05) is 19.0 Å². The quantitative estimate of drug-likeness (QED) is 0.108. The number of carboxylic acid groups (broad SMARTS) is 2. The second-order valence-electron chi connectivity index (χ2n) is 11.9. The molecule has 3 heterocycles. The Labute approximate surface area is 313 Å².